The van der Waals surface area contributed by atoms with Crippen LogP contribution >= 0.6 is 11.8 Å². The van der Waals surface area contributed by atoms with E-state index in [1.807, 2.05) is 0 Å². The van der Waals surface area contributed by atoms with Crippen molar-refractivity contribution in [2.45, 2.75) is 53.0 Å². The SMILES string of the molecule is CC1(C)CSCC2(CC2CNC(C)(C)C)C1. The van der Waals surface area contributed by atoms with Gasteiger partial charge in [0.1, 0.15) is 0 Å². The first kappa shape index (κ1) is 12.8. The lowest BCUT2D eigenvalue weighted by Crippen LogP contribution is -2.38. The maximum absolute atomic E-state index is 3.67. The van der Waals surface area contributed by atoms with Gasteiger partial charge < -0.3 is 5.32 Å². The van der Waals surface area contributed by atoms with E-state index in [9.17, 15) is 0 Å². The van der Waals surface area contributed by atoms with Crippen molar-refractivity contribution in [1.29, 1.82) is 0 Å². The standard InChI is InChI=1S/C14H27NS/c1-12(2,3)15-7-11-6-14(11)8-13(4,5)9-16-10-14/h11,15H,6-10H2,1-5H3. The van der Waals surface area contributed by atoms with Gasteiger partial charge in [-0.05, 0) is 68.4 Å². The highest BCUT2D eigenvalue weighted by molar-refractivity contribution is 7.99. The molecule has 2 heteroatoms. The third kappa shape index (κ3) is 2.95. The minimum Gasteiger partial charge on any atom is -0.312 e. The van der Waals surface area contributed by atoms with E-state index in [1.165, 1.54) is 30.9 Å². The fourth-order valence-corrected chi connectivity index (χ4v) is 4.75. The first-order valence-electron chi connectivity index (χ1n) is 6.55. The minimum absolute atomic E-state index is 0.279. The van der Waals surface area contributed by atoms with Crippen molar-refractivity contribution in [3.8, 4) is 0 Å². The summed E-state index contributed by atoms with van der Waals surface area (Å²) in [4.78, 5) is 0. The van der Waals surface area contributed by atoms with Crippen LogP contribution < -0.4 is 5.32 Å². The number of thioether (sulfide) groups is 1. The average Bonchev–Trinajstić information content (AvgIpc) is 2.71. The van der Waals surface area contributed by atoms with Crippen molar-refractivity contribution in [2.24, 2.45) is 16.7 Å². The highest BCUT2D eigenvalue weighted by atomic mass is 32.2. The molecule has 1 N–H and O–H groups in total. The Kier molecular flexibility index (Phi) is 3.12. The first-order chi connectivity index (χ1) is 7.23. The molecule has 2 atom stereocenters. The van der Waals surface area contributed by atoms with Crippen molar-refractivity contribution in [3.63, 3.8) is 0 Å². The normalized spacial score (nSPS) is 37.7. The van der Waals surface area contributed by atoms with E-state index in [0.29, 0.717) is 10.8 Å². The van der Waals surface area contributed by atoms with Crippen molar-refractivity contribution >= 4 is 11.8 Å². The van der Waals surface area contributed by atoms with E-state index < -0.39 is 0 Å². The second kappa shape index (κ2) is 3.91. The molecule has 1 saturated heterocycles. The summed E-state index contributed by atoms with van der Waals surface area (Å²) in [6.45, 7) is 12.9. The Bertz CT molecular complexity index is 266. The maximum Gasteiger partial charge on any atom is 0.00966 e. The van der Waals surface area contributed by atoms with E-state index in [0.717, 1.165) is 5.92 Å². The van der Waals surface area contributed by atoms with Gasteiger partial charge in [0, 0.05) is 5.54 Å². The molecule has 94 valence electrons. The summed E-state index contributed by atoms with van der Waals surface area (Å²) in [7, 11) is 0. The van der Waals surface area contributed by atoms with Crippen molar-refractivity contribution in [1.82, 2.24) is 5.32 Å². The van der Waals surface area contributed by atoms with Crippen LogP contribution in [0.15, 0.2) is 0 Å². The highest BCUT2D eigenvalue weighted by Crippen LogP contribution is 2.63. The average molecular weight is 241 g/mol. The highest BCUT2D eigenvalue weighted by Gasteiger charge is 2.57. The van der Waals surface area contributed by atoms with E-state index in [2.05, 4.69) is 51.7 Å². The number of hydrogen-bond acceptors (Lipinski definition) is 2. The summed E-state index contributed by atoms with van der Waals surface area (Å²) in [6, 6.07) is 0. The molecule has 1 aliphatic carbocycles. The van der Waals surface area contributed by atoms with Crippen molar-refractivity contribution in [2.75, 3.05) is 18.1 Å². The monoisotopic (exact) mass is 241 g/mol. The predicted molar refractivity (Wildman–Crippen MR) is 74.0 cm³/mol. The minimum atomic E-state index is 0.279. The van der Waals surface area contributed by atoms with E-state index in [4.69, 9.17) is 0 Å². The molecule has 2 rings (SSSR count). The molecule has 0 aromatic carbocycles. The second-order valence-corrected chi connectivity index (χ2v) is 8.71. The van der Waals surface area contributed by atoms with Crippen LogP contribution in [0, 0.1) is 16.7 Å². The van der Waals surface area contributed by atoms with Gasteiger partial charge in [0.2, 0.25) is 0 Å². The van der Waals surface area contributed by atoms with Gasteiger partial charge in [-0.1, -0.05) is 13.8 Å². The smallest absolute Gasteiger partial charge is 0.00966 e. The summed E-state index contributed by atoms with van der Waals surface area (Å²) in [5, 5.41) is 3.67. The molecule has 2 aliphatic rings. The molecule has 1 aliphatic heterocycles. The number of hydrogen-bond donors (Lipinski definition) is 1. The van der Waals surface area contributed by atoms with Gasteiger partial charge >= 0.3 is 0 Å². The fourth-order valence-electron chi connectivity index (χ4n) is 3.13. The van der Waals surface area contributed by atoms with E-state index >= 15 is 0 Å². The molecule has 1 nitrogen and oxygen atoms in total. The van der Waals surface area contributed by atoms with Crippen LogP contribution in [-0.4, -0.2) is 23.6 Å². The van der Waals surface area contributed by atoms with Crippen molar-refractivity contribution in [3.05, 3.63) is 0 Å². The lowest BCUT2D eigenvalue weighted by atomic mass is 9.81. The third-order valence-corrected chi connectivity index (χ3v) is 5.72. The molecule has 0 aromatic rings. The van der Waals surface area contributed by atoms with Crippen LogP contribution in [0.1, 0.15) is 47.5 Å². The lowest BCUT2D eigenvalue weighted by Gasteiger charge is -2.36. The van der Waals surface area contributed by atoms with Crippen LogP contribution in [0.2, 0.25) is 0 Å². The Morgan fingerprint density at radius 3 is 2.50 bits per heavy atom. The molecule has 2 unspecified atom stereocenters. The maximum atomic E-state index is 3.67. The largest absolute Gasteiger partial charge is 0.312 e. The summed E-state index contributed by atoms with van der Waals surface area (Å²) in [5.74, 6) is 3.71. The second-order valence-electron chi connectivity index (χ2n) is 7.73. The Morgan fingerprint density at radius 1 is 1.25 bits per heavy atom. The summed E-state index contributed by atoms with van der Waals surface area (Å²) in [6.07, 6.45) is 2.91. The fraction of sp³-hybridized carbons (Fsp3) is 1.00. The third-order valence-electron chi connectivity index (χ3n) is 3.95. The zero-order chi connectivity index (χ0) is 12.0. The van der Waals surface area contributed by atoms with Crippen molar-refractivity contribution < 1.29 is 0 Å². The summed E-state index contributed by atoms with van der Waals surface area (Å²) >= 11 is 2.18. The van der Waals surface area contributed by atoms with Gasteiger partial charge in [0.15, 0.2) is 0 Å². The van der Waals surface area contributed by atoms with Gasteiger partial charge in [-0.3, -0.25) is 0 Å². The van der Waals surface area contributed by atoms with Crippen LogP contribution in [0.5, 0.6) is 0 Å². The van der Waals surface area contributed by atoms with Gasteiger partial charge in [-0.25, -0.2) is 0 Å². The van der Waals surface area contributed by atoms with Gasteiger partial charge in [0.25, 0.3) is 0 Å². The Hall–Kier alpha value is 0.310. The topological polar surface area (TPSA) is 12.0 Å². The van der Waals surface area contributed by atoms with Crippen LogP contribution in [-0.2, 0) is 0 Å². The quantitative estimate of drug-likeness (QED) is 0.793. The zero-order valence-corrected chi connectivity index (χ0v) is 12.3. The van der Waals surface area contributed by atoms with Crippen LogP contribution in [0.25, 0.3) is 0 Å². The van der Waals surface area contributed by atoms with E-state index in [1.54, 1.807) is 0 Å². The Morgan fingerprint density at radius 2 is 1.94 bits per heavy atom. The molecule has 1 spiro atoms. The number of rotatable bonds is 2. The molecule has 0 radical (unpaired) electrons. The zero-order valence-electron chi connectivity index (χ0n) is 11.5. The Balaban J connectivity index is 1.85. The molecular weight excluding hydrogens is 214 g/mol. The molecule has 1 saturated carbocycles. The summed E-state index contributed by atoms with van der Waals surface area (Å²) < 4.78 is 0. The number of nitrogens with one attached hydrogen (secondary N) is 1. The molecule has 0 amide bonds. The Labute approximate surface area is 105 Å². The molecule has 2 fully saturated rings. The van der Waals surface area contributed by atoms with Gasteiger partial charge in [-0.2, -0.15) is 11.8 Å². The molecular formula is C14H27NS. The molecule has 16 heavy (non-hydrogen) atoms. The summed E-state index contributed by atoms with van der Waals surface area (Å²) in [5.41, 5.74) is 1.55. The molecule has 0 bridgehead atoms. The van der Waals surface area contributed by atoms with E-state index in [-0.39, 0.29) is 5.54 Å². The predicted octanol–water partition coefficient (Wildman–Crippen LogP) is 3.54. The van der Waals surface area contributed by atoms with Crippen LogP contribution in [0.3, 0.4) is 0 Å². The van der Waals surface area contributed by atoms with Crippen LogP contribution in [0.4, 0.5) is 0 Å². The van der Waals surface area contributed by atoms with Gasteiger partial charge in [0.05, 0.1) is 0 Å². The van der Waals surface area contributed by atoms with Gasteiger partial charge in [-0.15, -0.1) is 0 Å². The lowest BCUT2D eigenvalue weighted by molar-refractivity contribution is 0.267. The molecule has 1 heterocycles. The first-order valence-corrected chi connectivity index (χ1v) is 7.71. The molecule has 0 aromatic heterocycles.